The molecule has 3 saturated heterocycles. The third kappa shape index (κ3) is 3.36. The topological polar surface area (TPSA) is 42.0 Å². The molecule has 3 aliphatic heterocycles. The Hall–Kier alpha value is -1.59. The molecule has 3 fully saturated rings. The molecule has 0 unspecified atom stereocenters. The molecular formula is C22H32N2O3. The molecule has 0 aromatic heterocycles. The first-order valence-electron chi connectivity index (χ1n) is 10.4. The Bertz CT molecular complexity index is 692. The van der Waals surface area contributed by atoms with Crippen LogP contribution in [0, 0.1) is 11.8 Å². The molecule has 1 spiro atoms. The number of hydrogen-bond donors (Lipinski definition) is 0. The first-order valence-corrected chi connectivity index (χ1v) is 10.4. The molecule has 1 aromatic rings. The van der Waals surface area contributed by atoms with E-state index in [2.05, 4.69) is 25.9 Å². The SMILES string of the molecule is CCCCOc1ccccc1C(=O)N1C[C@@H]2[C@H](CN(C)C)[C@H]3CC[C@]2(C1)O3. The van der Waals surface area contributed by atoms with Crippen LogP contribution in [0.2, 0.25) is 0 Å². The summed E-state index contributed by atoms with van der Waals surface area (Å²) in [6.45, 7) is 5.36. The summed E-state index contributed by atoms with van der Waals surface area (Å²) in [6.07, 6.45) is 4.68. The van der Waals surface area contributed by atoms with Crippen molar-refractivity contribution in [2.24, 2.45) is 11.8 Å². The number of unbranched alkanes of at least 4 members (excludes halogenated alkanes) is 1. The van der Waals surface area contributed by atoms with Crippen molar-refractivity contribution in [2.75, 3.05) is 40.3 Å². The van der Waals surface area contributed by atoms with Crippen LogP contribution in [-0.2, 0) is 4.74 Å². The molecule has 4 rings (SSSR count). The number of carbonyl (C=O) groups is 1. The maximum atomic E-state index is 13.3. The van der Waals surface area contributed by atoms with Crippen molar-refractivity contribution in [3.05, 3.63) is 29.8 Å². The van der Waals surface area contributed by atoms with E-state index in [-0.39, 0.29) is 11.5 Å². The Morgan fingerprint density at radius 2 is 2.19 bits per heavy atom. The molecular weight excluding hydrogens is 340 g/mol. The maximum Gasteiger partial charge on any atom is 0.257 e. The van der Waals surface area contributed by atoms with Crippen molar-refractivity contribution >= 4 is 5.91 Å². The maximum absolute atomic E-state index is 13.3. The average molecular weight is 373 g/mol. The minimum absolute atomic E-state index is 0.0847. The summed E-state index contributed by atoms with van der Waals surface area (Å²) < 4.78 is 12.4. The lowest BCUT2D eigenvalue weighted by Crippen LogP contribution is -2.40. The fraction of sp³-hybridized carbons (Fsp3) is 0.682. The van der Waals surface area contributed by atoms with Gasteiger partial charge in [-0.3, -0.25) is 4.79 Å². The number of ether oxygens (including phenoxy) is 2. The van der Waals surface area contributed by atoms with E-state index >= 15 is 0 Å². The zero-order valence-electron chi connectivity index (χ0n) is 16.8. The van der Waals surface area contributed by atoms with E-state index in [1.165, 1.54) is 0 Å². The molecule has 0 N–H and O–H groups in total. The summed E-state index contributed by atoms with van der Waals surface area (Å²) in [5, 5.41) is 0. The summed E-state index contributed by atoms with van der Waals surface area (Å²) in [7, 11) is 4.25. The zero-order valence-corrected chi connectivity index (χ0v) is 16.8. The minimum Gasteiger partial charge on any atom is -0.493 e. The molecule has 3 heterocycles. The molecule has 27 heavy (non-hydrogen) atoms. The van der Waals surface area contributed by atoms with Crippen molar-refractivity contribution in [3.8, 4) is 5.75 Å². The molecule has 2 bridgehead atoms. The van der Waals surface area contributed by atoms with Gasteiger partial charge >= 0.3 is 0 Å². The predicted molar refractivity (Wildman–Crippen MR) is 105 cm³/mol. The van der Waals surface area contributed by atoms with Crippen LogP contribution >= 0.6 is 0 Å². The Morgan fingerprint density at radius 3 is 2.96 bits per heavy atom. The minimum atomic E-state index is -0.112. The van der Waals surface area contributed by atoms with Crippen LogP contribution in [0.5, 0.6) is 5.75 Å². The lowest BCUT2D eigenvalue weighted by atomic mass is 9.73. The van der Waals surface area contributed by atoms with Gasteiger partial charge in [0.2, 0.25) is 0 Å². The van der Waals surface area contributed by atoms with Crippen LogP contribution in [0.15, 0.2) is 24.3 Å². The smallest absolute Gasteiger partial charge is 0.257 e. The van der Waals surface area contributed by atoms with E-state index in [0.29, 0.717) is 35.9 Å². The summed E-state index contributed by atoms with van der Waals surface area (Å²) in [4.78, 5) is 17.6. The molecule has 1 amide bonds. The summed E-state index contributed by atoms with van der Waals surface area (Å²) in [6, 6.07) is 7.67. The van der Waals surface area contributed by atoms with Crippen molar-refractivity contribution in [2.45, 2.75) is 44.3 Å². The van der Waals surface area contributed by atoms with Gasteiger partial charge in [0.15, 0.2) is 0 Å². The van der Waals surface area contributed by atoms with Gasteiger partial charge in [-0.15, -0.1) is 0 Å². The molecule has 4 atom stereocenters. The fourth-order valence-corrected chi connectivity index (χ4v) is 5.28. The van der Waals surface area contributed by atoms with Gasteiger partial charge in [-0.25, -0.2) is 0 Å². The van der Waals surface area contributed by atoms with Crippen LogP contribution in [0.1, 0.15) is 43.0 Å². The Kier molecular flexibility index (Phi) is 5.17. The first kappa shape index (κ1) is 18.8. The summed E-state index contributed by atoms with van der Waals surface area (Å²) >= 11 is 0. The fourth-order valence-electron chi connectivity index (χ4n) is 5.28. The third-order valence-electron chi connectivity index (χ3n) is 6.52. The van der Waals surface area contributed by atoms with Gasteiger partial charge in [0.25, 0.3) is 5.91 Å². The van der Waals surface area contributed by atoms with E-state index in [1.807, 2.05) is 29.2 Å². The highest BCUT2D eigenvalue weighted by Crippen LogP contribution is 2.55. The van der Waals surface area contributed by atoms with Crippen molar-refractivity contribution in [1.82, 2.24) is 9.80 Å². The van der Waals surface area contributed by atoms with E-state index in [4.69, 9.17) is 9.47 Å². The lowest BCUT2D eigenvalue weighted by molar-refractivity contribution is 0.00252. The van der Waals surface area contributed by atoms with Gasteiger partial charge in [0.1, 0.15) is 5.75 Å². The number of hydrogen-bond acceptors (Lipinski definition) is 4. The normalized spacial score (nSPS) is 31.6. The molecule has 5 nitrogen and oxygen atoms in total. The molecule has 0 aliphatic carbocycles. The van der Waals surface area contributed by atoms with Crippen molar-refractivity contribution < 1.29 is 14.3 Å². The van der Waals surface area contributed by atoms with Crippen molar-refractivity contribution in [1.29, 1.82) is 0 Å². The van der Waals surface area contributed by atoms with Crippen LogP contribution in [0.4, 0.5) is 0 Å². The van der Waals surface area contributed by atoms with Gasteiger partial charge in [0.05, 0.1) is 30.4 Å². The number of benzene rings is 1. The van der Waals surface area contributed by atoms with Crippen LogP contribution in [0.25, 0.3) is 0 Å². The standard InChI is InChI=1S/C22H32N2O3/c1-4-5-12-26-19-9-7-6-8-16(19)21(25)24-14-18-17(13-23(2)3)20-10-11-22(18,15-24)27-20/h6-9,17-18,20H,4-5,10-15H2,1-3H3/t17-,18+,20+,22+/m0/s1. The highest BCUT2D eigenvalue weighted by molar-refractivity contribution is 5.97. The second-order valence-corrected chi connectivity index (χ2v) is 8.68. The Balaban J connectivity index is 1.50. The highest BCUT2D eigenvalue weighted by atomic mass is 16.5. The number of fused-ring (bicyclic) bond motifs is 1. The molecule has 3 aliphatic rings. The zero-order chi connectivity index (χ0) is 19.0. The number of likely N-dealkylation sites (tertiary alicyclic amines) is 1. The quantitative estimate of drug-likeness (QED) is 0.690. The average Bonchev–Trinajstić information content (AvgIpc) is 3.31. The van der Waals surface area contributed by atoms with Gasteiger partial charge in [-0.2, -0.15) is 0 Å². The second-order valence-electron chi connectivity index (χ2n) is 8.68. The number of para-hydroxylation sites is 1. The van der Waals surface area contributed by atoms with Gasteiger partial charge < -0.3 is 19.3 Å². The number of nitrogens with zero attached hydrogens (tertiary/aromatic N) is 2. The molecule has 1 aromatic carbocycles. The predicted octanol–water partition coefficient (Wildman–Crippen LogP) is 3.05. The van der Waals surface area contributed by atoms with E-state index < -0.39 is 0 Å². The second kappa shape index (κ2) is 7.44. The molecule has 5 heteroatoms. The van der Waals surface area contributed by atoms with Gasteiger partial charge in [-0.1, -0.05) is 25.5 Å². The van der Waals surface area contributed by atoms with Gasteiger partial charge in [-0.05, 0) is 45.5 Å². The molecule has 0 saturated carbocycles. The van der Waals surface area contributed by atoms with Crippen LogP contribution in [-0.4, -0.2) is 67.7 Å². The van der Waals surface area contributed by atoms with Gasteiger partial charge in [0, 0.05) is 24.9 Å². The monoisotopic (exact) mass is 372 g/mol. The first-order chi connectivity index (χ1) is 13.0. The van der Waals surface area contributed by atoms with E-state index in [9.17, 15) is 4.79 Å². The number of rotatable bonds is 7. The molecule has 148 valence electrons. The highest BCUT2D eigenvalue weighted by Gasteiger charge is 2.63. The Morgan fingerprint density at radius 1 is 1.37 bits per heavy atom. The van der Waals surface area contributed by atoms with E-state index in [0.717, 1.165) is 45.3 Å². The lowest BCUT2D eigenvalue weighted by Gasteiger charge is -2.30. The van der Waals surface area contributed by atoms with Crippen LogP contribution in [0.3, 0.4) is 0 Å². The number of amides is 1. The molecule has 0 radical (unpaired) electrons. The summed E-state index contributed by atoms with van der Waals surface area (Å²) in [5.41, 5.74) is 0.572. The van der Waals surface area contributed by atoms with Crippen molar-refractivity contribution in [3.63, 3.8) is 0 Å². The third-order valence-corrected chi connectivity index (χ3v) is 6.52. The largest absolute Gasteiger partial charge is 0.493 e. The van der Waals surface area contributed by atoms with E-state index in [1.54, 1.807) is 0 Å². The Labute approximate surface area is 162 Å². The number of carbonyl (C=O) groups excluding carboxylic acids is 1. The van der Waals surface area contributed by atoms with Crippen LogP contribution < -0.4 is 4.74 Å². The summed E-state index contributed by atoms with van der Waals surface area (Å²) in [5.74, 6) is 1.78.